The molecule has 3 heteroatoms. The lowest BCUT2D eigenvalue weighted by atomic mass is 9.85. The number of pyridine rings is 1. The first-order valence-corrected chi connectivity index (χ1v) is 6.63. The van der Waals surface area contributed by atoms with Crippen LogP contribution in [0.3, 0.4) is 0 Å². The van der Waals surface area contributed by atoms with Gasteiger partial charge in [0.15, 0.2) is 0 Å². The van der Waals surface area contributed by atoms with E-state index in [-0.39, 0.29) is 0 Å². The van der Waals surface area contributed by atoms with Gasteiger partial charge in [0.05, 0.1) is 11.8 Å². The Hall–Kier alpha value is -1.09. The van der Waals surface area contributed by atoms with Crippen LogP contribution in [0.15, 0.2) is 18.3 Å². The molecule has 1 aromatic rings. The molecule has 2 unspecified atom stereocenters. The van der Waals surface area contributed by atoms with Gasteiger partial charge in [-0.05, 0) is 31.2 Å². The van der Waals surface area contributed by atoms with E-state index in [4.69, 9.17) is 10.5 Å². The third kappa shape index (κ3) is 3.43. The van der Waals surface area contributed by atoms with Gasteiger partial charge in [0.2, 0.25) is 0 Å². The van der Waals surface area contributed by atoms with Crippen molar-refractivity contribution in [3.8, 4) is 5.75 Å². The summed E-state index contributed by atoms with van der Waals surface area (Å²) in [6, 6.07) is 3.88. The maximum absolute atomic E-state index is 6.03. The predicted molar refractivity (Wildman–Crippen MR) is 68.8 cm³/mol. The molecule has 0 bridgehead atoms. The molecule has 0 saturated heterocycles. The Labute approximate surface area is 103 Å². The Morgan fingerprint density at radius 1 is 1.47 bits per heavy atom. The zero-order valence-electron chi connectivity index (χ0n) is 10.6. The Kier molecular flexibility index (Phi) is 4.37. The number of hydrogen-bond donors (Lipinski definition) is 1. The van der Waals surface area contributed by atoms with Gasteiger partial charge in [0, 0.05) is 18.8 Å². The highest BCUT2D eigenvalue weighted by atomic mass is 16.5. The van der Waals surface area contributed by atoms with Crippen molar-refractivity contribution >= 4 is 0 Å². The summed E-state index contributed by atoms with van der Waals surface area (Å²) in [5.74, 6) is 1.76. The fraction of sp³-hybridized carbons (Fsp3) is 0.643. The van der Waals surface area contributed by atoms with Gasteiger partial charge in [-0.25, -0.2) is 0 Å². The van der Waals surface area contributed by atoms with Crippen LogP contribution in [0.2, 0.25) is 0 Å². The average Bonchev–Trinajstić information content (AvgIpc) is 2.39. The minimum Gasteiger partial charge on any atom is -0.490 e. The normalized spacial score (nSPS) is 24.6. The van der Waals surface area contributed by atoms with Crippen LogP contribution in [0.5, 0.6) is 5.75 Å². The molecular formula is C14H22N2O. The highest BCUT2D eigenvalue weighted by Gasteiger charge is 2.22. The summed E-state index contributed by atoms with van der Waals surface area (Å²) < 4.78 is 6.03. The molecule has 2 N–H and O–H groups in total. The maximum Gasteiger partial charge on any atom is 0.123 e. The van der Waals surface area contributed by atoms with Crippen LogP contribution >= 0.6 is 0 Å². The zero-order valence-corrected chi connectivity index (χ0v) is 10.6. The fourth-order valence-electron chi connectivity index (χ4n) is 2.55. The largest absolute Gasteiger partial charge is 0.490 e. The van der Waals surface area contributed by atoms with Gasteiger partial charge in [-0.1, -0.05) is 19.8 Å². The first-order chi connectivity index (χ1) is 8.31. The molecule has 0 aromatic carbocycles. The van der Waals surface area contributed by atoms with Gasteiger partial charge in [0.25, 0.3) is 0 Å². The van der Waals surface area contributed by atoms with E-state index < -0.39 is 0 Å². The lowest BCUT2D eigenvalue weighted by Gasteiger charge is -2.29. The van der Waals surface area contributed by atoms with Crippen molar-refractivity contribution in [2.24, 2.45) is 11.7 Å². The standard InChI is InChI=1S/C14H22N2O/c1-2-11-4-3-5-13(8-11)17-14-6-7-16-12(9-14)10-15/h6-7,9,11,13H,2-5,8,10,15H2,1H3. The summed E-state index contributed by atoms with van der Waals surface area (Å²) in [6.45, 7) is 2.74. The molecule has 2 atom stereocenters. The van der Waals surface area contributed by atoms with Crippen LogP contribution in [0.1, 0.15) is 44.7 Å². The van der Waals surface area contributed by atoms with Crippen LogP contribution in [-0.4, -0.2) is 11.1 Å². The molecule has 3 nitrogen and oxygen atoms in total. The smallest absolute Gasteiger partial charge is 0.123 e. The topological polar surface area (TPSA) is 48.1 Å². The number of hydrogen-bond acceptors (Lipinski definition) is 3. The number of ether oxygens (including phenoxy) is 1. The van der Waals surface area contributed by atoms with E-state index in [1.54, 1.807) is 6.20 Å². The van der Waals surface area contributed by atoms with Crippen molar-refractivity contribution in [3.63, 3.8) is 0 Å². The second-order valence-corrected chi connectivity index (χ2v) is 4.87. The van der Waals surface area contributed by atoms with Crippen molar-refractivity contribution in [2.45, 2.75) is 51.7 Å². The van der Waals surface area contributed by atoms with E-state index in [2.05, 4.69) is 11.9 Å². The Morgan fingerprint density at radius 3 is 3.12 bits per heavy atom. The molecule has 1 aliphatic carbocycles. The van der Waals surface area contributed by atoms with Crippen molar-refractivity contribution in [2.75, 3.05) is 0 Å². The fourth-order valence-corrected chi connectivity index (χ4v) is 2.55. The molecule has 0 aliphatic heterocycles. The maximum atomic E-state index is 6.03. The second kappa shape index (κ2) is 6.01. The van der Waals surface area contributed by atoms with Crippen LogP contribution in [0.25, 0.3) is 0 Å². The molecule has 1 saturated carbocycles. The predicted octanol–water partition coefficient (Wildman–Crippen LogP) is 2.89. The van der Waals surface area contributed by atoms with E-state index in [0.29, 0.717) is 12.6 Å². The molecule has 0 amide bonds. The van der Waals surface area contributed by atoms with E-state index in [1.807, 2.05) is 12.1 Å². The van der Waals surface area contributed by atoms with Crippen LogP contribution in [-0.2, 0) is 6.54 Å². The summed E-state index contributed by atoms with van der Waals surface area (Å²) in [7, 11) is 0. The number of nitrogens with zero attached hydrogens (tertiary/aromatic N) is 1. The minimum atomic E-state index is 0.377. The lowest BCUT2D eigenvalue weighted by Crippen LogP contribution is -2.25. The number of rotatable bonds is 4. The first-order valence-electron chi connectivity index (χ1n) is 6.63. The van der Waals surface area contributed by atoms with Gasteiger partial charge < -0.3 is 10.5 Å². The number of aromatic nitrogens is 1. The third-order valence-corrected chi connectivity index (χ3v) is 3.61. The Bertz CT molecular complexity index is 354. The summed E-state index contributed by atoms with van der Waals surface area (Å²) >= 11 is 0. The molecule has 17 heavy (non-hydrogen) atoms. The number of nitrogens with two attached hydrogens (primary N) is 1. The molecule has 94 valence electrons. The molecule has 0 radical (unpaired) electrons. The molecule has 1 fully saturated rings. The summed E-state index contributed by atoms with van der Waals surface area (Å²) in [6.07, 6.45) is 8.44. The van der Waals surface area contributed by atoms with Crippen molar-refractivity contribution in [1.82, 2.24) is 4.98 Å². The van der Waals surface area contributed by atoms with E-state index in [0.717, 1.165) is 17.4 Å². The molecular weight excluding hydrogens is 212 g/mol. The van der Waals surface area contributed by atoms with E-state index in [1.165, 1.54) is 32.1 Å². The summed E-state index contributed by atoms with van der Waals surface area (Å²) in [4.78, 5) is 4.18. The summed E-state index contributed by atoms with van der Waals surface area (Å²) in [5, 5.41) is 0. The van der Waals surface area contributed by atoms with Gasteiger partial charge in [-0.3, -0.25) is 4.98 Å². The molecule has 1 aromatic heterocycles. The van der Waals surface area contributed by atoms with Gasteiger partial charge >= 0.3 is 0 Å². The van der Waals surface area contributed by atoms with Gasteiger partial charge in [-0.15, -0.1) is 0 Å². The van der Waals surface area contributed by atoms with Gasteiger partial charge in [0.1, 0.15) is 5.75 Å². The molecule has 1 heterocycles. The second-order valence-electron chi connectivity index (χ2n) is 4.87. The monoisotopic (exact) mass is 234 g/mol. The zero-order chi connectivity index (χ0) is 12.1. The third-order valence-electron chi connectivity index (χ3n) is 3.61. The summed E-state index contributed by atoms with van der Waals surface area (Å²) in [5.41, 5.74) is 6.47. The molecule has 0 spiro atoms. The molecule has 2 rings (SSSR count). The average molecular weight is 234 g/mol. The quantitative estimate of drug-likeness (QED) is 0.871. The van der Waals surface area contributed by atoms with Crippen molar-refractivity contribution in [3.05, 3.63) is 24.0 Å². The van der Waals surface area contributed by atoms with Crippen LogP contribution in [0, 0.1) is 5.92 Å². The van der Waals surface area contributed by atoms with E-state index in [9.17, 15) is 0 Å². The first kappa shape index (κ1) is 12.4. The molecule has 1 aliphatic rings. The van der Waals surface area contributed by atoms with Crippen LogP contribution in [0.4, 0.5) is 0 Å². The lowest BCUT2D eigenvalue weighted by molar-refractivity contribution is 0.122. The van der Waals surface area contributed by atoms with Crippen LogP contribution < -0.4 is 10.5 Å². The Morgan fingerprint density at radius 2 is 2.35 bits per heavy atom. The van der Waals surface area contributed by atoms with E-state index >= 15 is 0 Å². The van der Waals surface area contributed by atoms with Gasteiger partial charge in [-0.2, -0.15) is 0 Å². The van der Waals surface area contributed by atoms with Crippen molar-refractivity contribution in [1.29, 1.82) is 0 Å². The highest BCUT2D eigenvalue weighted by Crippen LogP contribution is 2.29. The Balaban J connectivity index is 1.95. The minimum absolute atomic E-state index is 0.377. The SMILES string of the molecule is CCC1CCCC(Oc2ccnc(CN)c2)C1. The van der Waals surface area contributed by atoms with Crippen molar-refractivity contribution < 1.29 is 4.74 Å². The highest BCUT2D eigenvalue weighted by molar-refractivity contribution is 5.22.